The highest BCUT2D eigenvalue weighted by Crippen LogP contribution is 2.21. The van der Waals surface area contributed by atoms with Crippen LogP contribution in [0, 0.1) is 0 Å². The topological polar surface area (TPSA) is 43.6 Å². The molecule has 0 radical (unpaired) electrons. The third-order valence-electron chi connectivity index (χ3n) is 1.73. The molecule has 0 amide bonds. The second-order valence-electron chi connectivity index (χ2n) is 2.74. The molecule has 1 heterocycles. The number of aromatic nitrogens is 4. The third kappa shape index (κ3) is 2.19. The lowest BCUT2D eigenvalue weighted by molar-refractivity contribution is 0.646. The van der Waals surface area contributed by atoms with E-state index in [1.165, 1.54) is 0 Å². The minimum atomic E-state index is 0.660. The predicted molar refractivity (Wildman–Crippen MR) is 58.8 cm³/mol. The molecule has 0 aliphatic carbocycles. The van der Waals surface area contributed by atoms with Gasteiger partial charge in [-0.3, -0.25) is 0 Å². The second kappa shape index (κ2) is 4.18. The summed E-state index contributed by atoms with van der Waals surface area (Å²) in [6.07, 6.45) is 1.59. The van der Waals surface area contributed by atoms with Crippen LogP contribution in [0.5, 0.6) is 0 Å². The number of halogens is 2. The molecule has 72 valence electrons. The van der Waals surface area contributed by atoms with E-state index in [0.717, 1.165) is 14.5 Å². The van der Waals surface area contributed by atoms with Gasteiger partial charge in [-0.2, -0.15) is 0 Å². The van der Waals surface area contributed by atoms with Crippen molar-refractivity contribution < 1.29 is 0 Å². The lowest BCUT2D eigenvalue weighted by Crippen LogP contribution is -2.01. The molecule has 1 aromatic carbocycles. The van der Waals surface area contributed by atoms with Crippen molar-refractivity contribution in [2.75, 3.05) is 0 Å². The molecular formula is C8H6Br2N4. The highest BCUT2D eigenvalue weighted by molar-refractivity contribution is 9.11. The van der Waals surface area contributed by atoms with Crippen molar-refractivity contribution in [3.8, 4) is 0 Å². The Balaban J connectivity index is 2.28. The van der Waals surface area contributed by atoms with Gasteiger partial charge >= 0.3 is 0 Å². The van der Waals surface area contributed by atoms with Gasteiger partial charge in [-0.05, 0) is 34.2 Å². The molecule has 0 atom stereocenters. The summed E-state index contributed by atoms with van der Waals surface area (Å²) < 4.78 is 3.77. The van der Waals surface area contributed by atoms with Gasteiger partial charge in [-0.15, -0.1) is 5.10 Å². The Bertz CT molecular complexity index is 427. The maximum Gasteiger partial charge on any atom is 0.138 e. The van der Waals surface area contributed by atoms with E-state index < -0.39 is 0 Å². The number of rotatable bonds is 2. The van der Waals surface area contributed by atoms with Gasteiger partial charge in [0.25, 0.3) is 0 Å². The lowest BCUT2D eigenvalue weighted by Gasteiger charge is -2.03. The van der Waals surface area contributed by atoms with Crippen molar-refractivity contribution in [1.82, 2.24) is 20.2 Å². The summed E-state index contributed by atoms with van der Waals surface area (Å²) in [6, 6.07) is 6.00. The van der Waals surface area contributed by atoms with Gasteiger partial charge < -0.3 is 0 Å². The summed E-state index contributed by atoms with van der Waals surface area (Å²) in [4.78, 5) is 0. The molecule has 0 bridgehead atoms. The van der Waals surface area contributed by atoms with E-state index in [9.17, 15) is 0 Å². The van der Waals surface area contributed by atoms with E-state index in [1.54, 1.807) is 11.0 Å². The Morgan fingerprint density at radius 1 is 1.29 bits per heavy atom. The normalized spacial score (nSPS) is 10.4. The van der Waals surface area contributed by atoms with Crippen LogP contribution >= 0.6 is 31.9 Å². The largest absolute Gasteiger partial charge is 0.228 e. The van der Waals surface area contributed by atoms with Crippen LogP contribution in [0.4, 0.5) is 0 Å². The highest BCUT2D eigenvalue weighted by atomic mass is 79.9. The highest BCUT2D eigenvalue weighted by Gasteiger charge is 2.02. The van der Waals surface area contributed by atoms with Crippen molar-refractivity contribution in [1.29, 1.82) is 0 Å². The summed E-state index contributed by atoms with van der Waals surface area (Å²) in [5.41, 5.74) is 1.13. The summed E-state index contributed by atoms with van der Waals surface area (Å²) in [5, 5.41) is 11.0. The van der Waals surface area contributed by atoms with Gasteiger partial charge in [-0.25, -0.2) is 4.68 Å². The van der Waals surface area contributed by atoms with Gasteiger partial charge in [0.15, 0.2) is 0 Å². The van der Waals surface area contributed by atoms with Crippen molar-refractivity contribution in [3.05, 3.63) is 39.0 Å². The fourth-order valence-electron chi connectivity index (χ4n) is 1.09. The molecule has 0 fully saturated rings. The fraction of sp³-hybridized carbons (Fsp3) is 0.125. The van der Waals surface area contributed by atoms with E-state index >= 15 is 0 Å². The quantitative estimate of drug-likeness (QED) is 0.853. The standard InChI is InChI=1S/C8H6Br2N4/c9-7-1-2-8(10)6(3-7)4-14-5-11-12-13-14/h1-3,5H,4H2. The van der Waals surface area contributed by atoms with E-state index in [4.69, 9.17) is 0 Å². The Kier molecular flexibility index (Phi) is 2.93. The maximum absolute atomic E-state index is 3.80. The van der Waals surface area contributed by atoms with Crippen LogP contribution in [0.2, 0.25) is 0 Å². The lowest BCUT2D eigenvalue weighted by atomic mass is 10.2. The third-order valence-corrected chi connectivity index (χ3v) is 3.00. The summed E-state index contributed by atoms with van der Waals surface area (Å²) in [7, 11) is 0. The molecule has 2 aromatic rings. The molecule has 0 aliphatic rings. The fourth-order valence-corrected chi connectivity index (χ4v) is 1.87. The predicted octanol–water partition coefficient (Wildman–Crippen LogP) is 2.25. The maximum atomic E-state index is 3.80. The molecule has 14 heavy (non-hydrogen) atoms. The van der Waals surface area contributed by atoms with Crippen molar-refractivity contribution in [3.63, 3.8) is 0 Å². The number of hydrogen-bond acceptors (Lipinski definition) is 3. The number of tetrazole rings is 1. The molecule has 1 aromatic heterocycles. The van der Waals surface area contributed by atoms with Crippen LogP contribution in [-0.2, 0) is 6.54 Å². The van der Waals surface area contributed by atoms with Crippen molar-refractivity contribution >= 4 is 31.9 Å². The van der Waals surface area contributed by atoms with Gasteiger partial charge in [0, 0.05) is 8.95 Å². The zero-order chi connectivity index (χ0) is 9.97. The molecule has 6 heteroatoms. The van der Waals surface area contributed by atoms with Crippen LogP contribution in [0.3, 0.4) is 0 Å². The van der Waals surface area contributed by atoms with E-state index in [1.807, 2.05) is 18.2 Å². The summed E-state index contributed by atoms with van der Waals surface area (Å²) in [5.74, 6) is 0. The molecule has 0 N–H and O–H groups in total. The van der Waals surface area contributed by atoms with Gasteiger partial charge in [0.1, 0.15) is 6.33 Å². The smallest absolute Gasteiger partial charge is 0.138 e. The van der Waals surface area contributed by atoms with Gasteiger partial charge in [-0.1, -0.05) is 31.9 Å². The summed E-state index contributed by atoms with van der Waals surface area (Å²) >= 11 is 6.89. The Hall–Kier alpha value is -0.750. The molecule has 0 aliphatic heterocycles. The summed E-state index contributed by atoms with van der Waals surface area (Å²) in [6.45, 7) is 0.660. The van der Waals surface area contributed by atoms with E-state index in [2.05, 4.69) is 47.4 Å². The molecule has 0 unspecified atom stereocenters. The average molecular weight is 318 g/mol. The molecule has 4 nitrogen and oxygen atoms in total. The van der Waals surface area contributed by atoms with Crippen LogP contribution in [-0.4, -0.2) is 20.2 Å². The average Bonchev–Trinajstić information content (AvgIpc) is 2.64. The monoisotopic (exact) mass is 316 g/mol. The van der Waals surface area contributed by atoms with Gasteiger partial charge in [0.2, 0.25) is 0 Å². The number of nitrogens with zero attached hydrogens (tertiary/aromatic N) is 4. The number of benzene rings is 1. The van der Waals surface area contributed by atoms with Crippen molar-refractivity contribution in [2.45, 2.75) is 6.54 Å². The van der Waals surface area contributed by atoms with Crippen LogP contribution in [0.1, 0.15) is 5.56 Å². The first-order valence-electron chi connectivity index (χ1n) is 3.90. The minimum absolute atomic E-state index is 0.660. The molecule has 2 rings (SSSR count). The molecule has 0 saturated carbocycles. The van der Waals surface area contributed by atoms with E-state index in [0.29, 0.717) is 6.54 Å². The van der Waals surface area contributed by atoms with Crippen LogP contribution in [0.25, 0.3) is 0 Å². The van der Waals surface area contributed by atoms with Crippen molar-refractivity contribution in [2.24, 2.45) is 0 Å². The first-order chi connectivity index (χ1) is 6.75. The number of hydrogen-bond donors (Lipinski definition) is 0. The zero-order valence-corrected chi connectivity index (χ0v) is 10.2. The minimum Gasteiger partial charge on any atom is -0.228 e. The first kappa shape index (κ1) is 9.79. The molecular weight excluding hydrogens is 312 g/mol. The Morgan fingerprint density at radius 3 is 2.86 bits per heavy atom. The van der Waals surface area contributed by atoms with Crippen LogP contribution in [0.15, 0.2) is 33.5 Å². The SMILES string of the molecule is Brc1ccc(Br)c(Cn2cnnn2)c1. The van der Waals surface area contributed by atoms with Gasteiger partial charge in [0.05, 0.1) is 6.54 Å². The van der Waals surface area contributed by atoms with E-state index in [-0.39, 0.29) is 0 Å². The van der Waals surface area contributed by atoms with Crippen LogP contribution < -0.4 is 0 Å². The Labute approximate surface area is 97.6 Å². The first-order valence-corrected chi connectivity index (χ1v) is 5.49. The zero-order valence-electron chi connectivity index (χ0n) is 7.06. The Morgan fingerprint density at radius 2 is 2.14 bits per heavy atom. The molecule has 0 saturated heterocycles. The second-order valence-corrected chi connectivity index (χ2v) is 4.51. The molecule has 0 spiro atoms.